The predicted octanol–water partition coefficient (Wildman–Crippen LogP) is 3.35. The molecule has 1 aromatic carbocycles. The molecule has 0 fully saturated rings. The van der Waals surface area contributed by atoms with Gasteiger partial charge in [-0.05, 0) is 13.8 Å². The third kappa shape index (κ3) is 2.25. The maximum atomic E-state index is 13.0. The largest absolute Gasteiger partial charge is 0.586 e. The average Bonchev–Trinajstić information content (AvgIpc) is 3.09. The zero-order valence-electron chi connectivity index (χ0n) is 12.6. The first-order chi connectivity index (χ1) is 11.3. The van der Waals surface area contributed by atoms with Gasteiger partial charge in [0.25, 0.3) is 5.91 Å². The van der Waals surface area contributed by atoms with Crippen molar-refractivity contribution in [2.24, 2.45) is 0 Å². The number of anilines is 1. The number of ether oxygens (including phenoxy) is 2. The molecular weight excluding hydrogens is 324 g/mol. The Kier molecular flexibility index (Phi) is 2.84. The van der Waals surface area contributed by atoms with E-state index >= 15 is 0 Å². The second kappa shape index (κ2) is 4.70. The molecule has 24 heavy (non-hydrogen) atoms. The second-order valence-electron chi connectivity index (χ2n) is 5.37. The summed E-state index contributed by atoms with van der Waals surface area (Å²) in [5.41, 5.74) is 1.89. The van der Waals surface area contributed by atoms with Crippen molar-refractivity contribution in [3.05, 3.63) is 35.3 Å². The van der Waals surface area contributed by atoms with E-state index in [4.69, 9.17) is 4.42 Å². The molecule has 7 nitrogen and oxygen atoms in total. The number of furan rings is 1. The highest BCUT2D eigenvalue weighted by molar-refractivity contribution is 6.05. The zero-order valence-corrected chi connectivity index (χ0v) is 12.6. The number of carbonyl (C=O) groups is 1. The third-order valence-electron chi connectivity index (χ3n) is 3.62. The van der Waals surface area contributed by atoms with Crippen LogP contribution in [0.4, 0.5) is 14.7 Å². The highest BCUT2D eigenvalue weighted by atomic mass is 19.3. The number of hydrogen-bond donors (Lipinski definition) is 2. The number of rotatable bonds is 2. The molecule has 4 rings (SSSR count). The summed E-state index contributed by atoms with van der Waals surface area (Å²) in [5.74, 6) is 0.0629. The lowest BCUT2D eigenvalue weighted by molar-refractivity contribution is -0.286. The summed E-state index contributed by atoms with van der Waals surface area (Å²) in [6.07, 6.45) is -2.20. The molecule has 0 spiro atoms. The smallest absolute Gasteiger partial charge is 0.469 e. The number of H-pyrrole nitrogens is 1. The Balaban J connectivity index is 1.64. The lowest BCUT2D eigenvalue weighted by Gasteiger charge is -2.04. The number of benzene rings is 1. The van der Waals surface area contributed by atoms with Gasteiger partial charge in [-0.15, -0.1) is 8.78 Å². The minimum atomic E-state index is -3.69. The minimum Gasteiger partial charge on any atom is -0.469 e. The van der Waals surface area contributed by atoms with Crippen molar-refractivity contribution in [3.63, 3.8) is 0 Å². The van der Waals surface area contributed by atoms with E-state index < -0.39 is 6.29 Å². The van der Waals surface area contributed by atoms with Gasteiger partial charge < -0.3 is 18.9 Å². The lowest BCUT2D eigenvalue weighted by Crippen LogP contribution is -2.25. The molecule has 2 N–H and O–H groups in total. The van der Waals surface area contributed by atoms with Crippen LogP contribution < -0.4 is 14.8 Å². The number of carbonyl (C=O) groups excluding carboxylic acids is 1. The van der Waals surface area contributed by atoms with Crippen LogP contribution in [0.3, 0.4) is 0 Å². The van der Waals surface area contributed by atoms with E-state index in [2.05, 4.69) is 24.8 Å². The fourth-order valence-electron chi connectivity index (χ4n) is 2.59. The number of imidazole rings is 1. The molecule has 124 valence electrons. The van der Waals surface area contributed by atoms with Gasteiger partial charge in [0, 0.05) is 17.7 Å². The number of halogens is 2. The maximum Gasteiger partial charge on any atom is 0.586 e. The number of nitrogens with one attached hydrogen (secondary N) is 2. The van der Waals surface area contributed by atoms with Crippen LogP contribution in [0.5, 0.6) is 11.5 Å². The molecule has 9 heteroatoms. The summed E-state index contributed by atoms with van der Waals surface area (Å²) in [4.78, 5) is 19.3. The molecular formula is C15H11F2N3O4. The van der Waals surface area contributed by atoms with Crippen LogP contribution in [0.25, 0.3) is 11.0 Å². The number of hydrogen-bond acceptors (Lipinski definition) is 5. The van der Waals surface area contributed by atoms with Crippen molar-refractivity contribution in [1.29, 1.82) is 0 Å². The molecule has 0 saturated heterocycles. The van der Waals surface area contributed by atoms with E-state index in [0.29, 0.717) is 27.9 Å². The van der Waals surface area contributed by atoms with Crippen LogP contribution in [0, 0.1) is 13.8 Å². The van der Waals surface area contributed by atoms with Crippen molar-refractivity contribution in [2.75, 3.05) is 5.32 Å². The fourth-order valence-corrected chi connectivity index (χ4v) is 2.59. The Morgan fingerprint density at radius 2 is 1.96 bits per heavy atom. The molecule has 1 aliphatic heterocycles. The van der Waals surface area contributed by atoms with E-state index in [0.717, 1.165) is 0 Å². The molecule has 1 aliphatic rings. The highest BCUT2D eigenvalue weighted by Crippen LogP contribution is 2.42. The van der Waals surface area contributed by atoms with E-state index in [1.807, 2.05) is 0 Å². The SMILES string of the molecule is Cc1coc(C)c1C(=O)Nc1nc2cc3c(cc2[nH]1)OC(F)(F)O3. The Bertz CT molecular complexity index is 912. The number of amides is 1. The summed E-state index contributed by atoms with van der Waals surface area (Å²) < 4.78 is 40.0. The third-order valence-corrected chi connectivity index (χ3v) is 3.62. The Morgan fingerprint density at radius 1 is 1.25 bits per heavy atom. The van der Waals surface area contributed by atoms with Gasteiger partial charge in [-0.3, -0.25) is 10.1 Å². The molecule has 2 aromatic heterocycles. The van der Waals surface area contributed by atoms with Gasteiger partial charge in [0.2, 0.25) is 5.95 Å². The monoisotopic (exact) mass is 335 g/mol. The van der Waals surface area contributed by atoms with E-state index in [1.165, 1.54) is 18.4 Å². The summed E-state index contributed by atoms with van der Waals surface area (Å²) in [6, 6.07) is 2.65. The number of aromatic nitrogens is 2. The van der Waals surface area contributed by atoms with Crippen molar-refractivity contribution in [1.82, 2.24) is 9.97 Å². The van der Waals surface area contributed by atoms with E-state index in [9.17, 15) is 13.6 Å². The van der Waals surface area contributed by atoms with Crippen LogP contribution in [-0.2, 0) is 0 Å². The van der Waals surface area contributed by atoms with Crippen molar-refractivity contribution >= 4 is 22.9 Å². The molecule has 3 aromatic rings. The van der Waals surface area contributed by atoms with Crippen molar-refractivity contribution in [3.8, 4) is 11.5 Å². The normalized spacial score (nSPS) is 15.0. The molecule has 0 saturated carbocycles. The summed E-state index contributed by atoms with van der Waals surface area (Å²) >= 11 is 0. The molecule has 0 unspecified atom stereocenters. The predicted molar refractivity (Wildman–Crippen MR) is 78.4 cm³/mol. The highest BCUT2D eigenvalue weighted by Gasteiger charge is 2.43. The summed E-state index contributed by atoms with van der Waals surface area (Å²) in [7, 11) is 0. The zero-order chi connectivity index (χ0) is 17.1. The average molecular weight is 335 g/mol. The van der Waals surface area contributed by atoms with E-state index in [-0.39, 0.29) is 23.4 Å². The van der Waals surface area contributed by atoms with Crippen LogP contribution in [0.1, 0.15) is 21.7 Å². The minimum absolute atomic E-state index is 0.101. The fraction of sp³-hybridized carbons (Fsp3) is 0.200. The van der Waals surface area contributed by atoms with Gasteiger partial charge >= 0.3 is 6.29 Å². The molecule has 3 heterocycles. The van der Waals surface area contributed by atoms with Gasteiger partial charge in [0.1, 0.15) is 5.76 Å². The second-order valence-corrected chi connectivity index (χ2v) is 5.37. The number of aryl methyl sites for hydroxylation is 2. The number of aromatic amines is 1. The molecule has 1 amide bonds. The Labute approximate surface area is 133 Å². The summed E-state index contributed by atoms with van der Waals surface area (Å²) in [6.45, 7) is 3.43. The van der Waals surface area contributed by atoms with Crippen molar-refractivity contribution < 1.29 is 27.5 Å². The standard InChI is InChI=1S/C15H11F2N3O4/c1-6-5-22-7(2)12(6)13(21)20-14-18-8-3-10-11(4-9(8)19-14)24-15(16,17)23-10/h3-5H,1-2H3,(H2,18,19,20,21). The number of nitrogens with zero attached hydrogens (tertiary/aromatic N) is 1. The van der Waals surface area contributed by atoms with Gasteiger partial charge in [-0.1, -0.05) is 0 Å². The van der Waals surface area contributed by atoms with Gasteiger partial charge in [-0.2, -0.15) is 0 Å². The van der Waals surface area contributed by atoms with Gasteiger partial charge in [-0.25, -0.2) is 4.98 Å². The first kappa shape index (κ1) is 14.5. The first-order valence-corrected chi connectivity index (χ1v) is 6.98. The van der Waals surface area contributed by atoms with Crippen molar-refractivity contribution in [2.45, 2.75) is 20.1 Å². The molecule has 0 bridgehead atoms. The molecule has 0 atom stereocenters. The van der Waals surface area contributed by atoms with Gasteiger partial charge in [0.05, 0.1) is 22.9 Å². The lowest BCUT2D eigenvalue weighted by atomic mass is 10.1. The van der Waals surface area contributed by atoms with Crippen LogP contribution in [0.15, 0.2) is 22.8 Å². The maximum absolute atomic E-state index is 13.0. The van der Waals surface area contributed by atoms with Crippen LogP contribution in [-0.4, -0.2) is 22.2 Å². The Hall–Kier alpha value is -3.10. The first-order valence-electron chi connectivity index (χ1n) is 6.98. The van der Waals surface area contributed by atoms with Crippen LogP contribution in [0.2, 0.25) is 0 Å². The quantitative estimate of drug-likeness (QED) is 0.750. The van der Waals surface area contributed by atoms with Crippen LogP contribution >= 0.6 is 0 Å². The molecule has 0 aliphatic carbocycles. The Morgan fingerprint density at radius 3 is 2.62 bits per heavy atom. The van der Waals surface area contributed by atoms with E-state index in [1.54, 1.807) is 13.8 Å². The number of alkyl halides is 2. The summed E-state index contributed by atoms with van der Waals surface area (Å²) in [5, 5.41) is 2.61. The number of fused-ring (bicyclic) bond motifs is 2. The molecule has 0 radical (unpaired) electrons. The van der Waals surface area contributed by atoms with Gasteiger partial charge in [0.15, 0.2) is 11.5 Å². The topological polar surface area (TPSA) is 89.4 Å².